The number of carbonyl (C=O) groups is 2. The Bertz CT molecular complexity index is 840. The molecule has 2 saturated heterocycles. The van der Waals surface area contributed by atoms with Crippen LogP contribution >= 0.6 is 0 Å². The van der Waals surface area contributed by atoms with Crippen molar-refractivity contribution in [2.45, 2.75) is 50.1 Å². The SMILES string of the molecule is C[C@@H]1CCC[C@H](C)N1C(=O)COC(=O)c1cccc(S(=O)(=O)N2CCOCC2)c1. The van der Waals surface area contributed by atoms with Gasteiger partial charge >= 0.3 is 5.97 Å². The summed E-state index contributed by atoms with van der Waals surface area (Å²) < 4.78 is 37.3. The van der Waals surface area contributed by atoms with E-state index in [1.165, 1.54) is 28.6 Å². The zero-order valence-electron chi connectivity index (χ0n) is 16.9. The second-order valence-electron chi connectivity index (χ2n) is 7.55. The van der Waals surface area contributed by atoms with E-state index in [0.717, 1.165) is 19.3 Å². The van der Waals surface area contributed by atoms with Crippen molar-refractivity contribution in [3.8, 4) is 0 Å². The van der Waals surface area contributed by atoms with Crippen LogP contribution in [0, 0.1) is 0 Å². The van der Waals surface area contributed by atoms with Crippen LogP contribution < -0.4 is 0 Å². The van der Waals surface area contributed by atoms with Gasteiger partial charge in [0.2, 0.25) is 10.0 Å². The van der Waals surface area contributed by atoms with Crippen LogP contribution in [0.5, 0.6) is 0 Å². The summed E-state index contributed by atoms with van der Waals surface area (Å²) in [6.07, 6.45) is 2.95. The quantitative estimate of drug-likeness (QED) is 0.668. The molecule has 0 radical (unpaired) electrons. The molecule has 0 spiro atoms. The van der Waals surface area contributed by atoms with Gasteiger partial charge in [0.05, 0.1) is 23.7 Å². The van der Waals surface area contributed by atoms with E-state index in [9.17, 15) is 18.0 Å². The lowest BCUT2D eigenvalue weighted by Gasteiger charge is -2.38. The van der Waals surface area contributed by atoms with Gasteiger partial charge in [-0.1, -0.05) is 6.07 Å². The lowest BCUT2D eigenvalue weighted by molar-refractivity contribution is -0.140. The number of carbonyl (C=O) groups excluding carboxylic acids is 2. The topological polar surface area (TPSA) is 93.2 Å². The summed E-state index contributed by atoms with van der Waals surface area (Å²) in [6.45, 7) is 4.88. The van der Waals surface area contributed by atoms with Crippen molar-refractivity contribution < 1.29 is 27.5 Å². The first-order chi connectivity index (χ1) is 13.8. The van der Waals surface area contributed by atoms with E-state index in [1.54, 1.807) is 4.90 Å². The second-order valence-corrected chi connectivity index (χ2v) is 9.49. The molecule has 1 aromatic rings. The van der Waals surface area contributed by atoms with Crippen molar-refractivity contribution >= 4 is 21.9 Å². The van der Waals surface area contributed by atoms with E-state index in [4.69, 9.17) is 9.47 Å². The minimum absolute atomic E-state index is 0.0263. The Morgan fingerprint density at radius 1 is 1.14 bits per heavy atom. The summed E-state index contributed by atoms with van der Waals surface area (Å²) in [4.78, 5) is 26.8. The smallest absolute Gasteiger partial charge is 0.338 e. The molecule has 0 aromatic heterocycles. The number of ether oxygens (including phenoxy) is 2. The van der Waals surface area contributed by atoms with Crippen molar-refractivity contribution in [2.75, 3.05) is 32.9 Å². The predicted octanol–water partition coefficient (Wildman–Crippen LogP) is 1.65. The lowest BCUT2D eigenvalue weighted by atomic mass is 9.97. The largest absolute Gasteiger partial charge is 0.452 e. The molecular weight excluding hydrogens is 396 g/mol. The number of likely N-dealkylation sites (tertiary alicyclic amines) is 1. The molecule has 2 aliphatic rings. The summed E-state index contributed by atoms with van der Waals surface area (Å²) >= 11 is 0. The van der Waals surface area contributed by atoms with Crippen LogP contribution in [-0.2, 0) is 24.3 Å². The molecule has 2 aliphatic heterocycles. The molecule has 1 amide bonds. The Labute approximate surface area is 171 Å². The number of nitrogens with zero attached hydrogens (tertiary/aromatic N) is 2. The highest BCUT2D eigenvalue weighted by molar-refractivity contribution is 7.89. The Kier molecular flexibility index (Phi) is 6.92. The Morgan fingerprint density at radius 2 is 1.79 bits per heavy atom. The van der Waals surface area contributed by atoms with Gasteiger partial charge in [0.15, 0.2) is 6.61 Å². The number of piperidine rings is 1. The Balaban J connectivity index is 1.65. The third-order valence-corrected chi connectivity index (χ3v) is 7.38. The van der Waals surface area contributed by atoms with Crippen molar-refractivity contribution in [3.63, 3.8) is 0 Å². The summed E-state index contributed by atoms with van der Waals surface area (Å²) in [5, 5.41) is 0. The maximum atomic E-state index is 12.8. The highest BCUT2D eigenvalue weighted by Crippen LogP contribution is 2.23. The summed E-state index contributed by atoms with van der Waals surface area (Å²) in [5.74, 6) is -0.940. The third-order valence-electron chi connectivity index (χ3n) is 5.49. The fourth-order valence-electron chi connectivity index (χ4n) is 3.92. The maximum absolute atomic E-state index is 12.8. The predicted molar refractivity (Wildman–Crippen MR) is 106 cm³/mol. The van der Waals surface area contributed by atoms with Gasteiger partial charge in [0.1, 0.15) is 0 Å². The monoisotopic (exact) mass is 424 g/mol. The van der Waals surface area contributed by atoms with Crippen molar-refractivity contribution in [1.82, 2.24) is 9.21 Å². The van der Waals surface area contributed by atoms with Gasteiger partial charge in [0, 0.05) is 25.2 Å². The van der Waals surface area contributed by atoms with Crippen LogP contribution in [0.25, 0.3) is 0 Å². The molecule has 3 rings (SSSR count). The van der Waals surface area contributed by atoms with Crippen LogP contribution in [0.1, 0.15) is 43.5 Å². The maximum Gasteiger partial charge on any atom is 0.338 e. The first-order valence-corrected chi connectivity index (χ1v) is 11.4. The van der Waals surface area contributed by atoms with Crippen LogP contribution in [0.4, 0.5) is 0 Å². The van der Waals surface area contributed by atoms with Crippen molar-refractivity contribution in [3.05, 3.63) is 29.8 Å². The number of esters is 1. The third kappa shape index (κ3) is 4.96. The molecule has 0 aliphatic carbocycles. The average Bonchev–Trinajstić information content (AvgIpc) is 2.72. The molecule has 0 bridgehead atoms. The number of amides is 1. The number of sulfonamides is 1. The number of benzene rings is 1. The number of rotatable bonds is 5. The van der Waals surface area contributed by atoms with Gasteiger partial charge in [-0.3, -0.25) is 4.79 Å². The molecule has 8 nitrogen and oxygen atoms in total. The number of morpholine rings is 1. The van der Waals surface area contributed by atoms with E-state index in [1.807, 2.05) is 13.8 Å². The average molecular weight is 425 g/mol. The molecule has 1 aromatic carbocycles. The normalized spacial score (nSPS) is 23.6. The van der Waals surface area contributed by atoms with E-state index in [2.05, 4.69) is 0 Å². The minimum Gasteiger partial charge on any atom is -0.452 e. The zero-order valence-corrected chi connectivity index (χ0v) is 17.7. The molecule has 0 unspecified atom stereocenters. The fraction of sp³-hybridized carbons (Fsp3) is 0.600. The van der Waals surface area contributed by atoms with Crippen molar-refractivity contribution in [2.24, 2.45) is 0 Å². The van der Waals surface area contributed by atoms with Crippen LogP contribution in [0.2, 0.25) is 0 Å². The summed E-state index contributed by atoms with van der Waals surface area (Å²) in [5.41, 5.74) is 0.104. The van der Waals surface area contributed by atoms with Crippen LogP contribution in [0.3, 0.4) is 0 Å². The molecule has 0 saturated carbocycles. The molecule has 2 heterocycles. The van der Waals surface area contributed by atoms with Gasteiger partial charge in [-0.25, -0.2) is 13.2 Å². The van der Waals surface area contributed by atoms with Gasteiger partial charge in [0.25, 0.3) is 5.91 Å². The minimum atomic E-state index is -3.71. The molecule has 2 atom stereocenters. The highest BCUT2D eigenvalue weighted by Gasteiger charge is 2.30. The Morgan fingerprint density at radius 3 is 2.45 bits per heavy atom. The lowest BCUT2D eigenvalue weighted by Crippen LogP contribution is -2.49. The molecule has 160 valence electrons. The summed E-state index contributed by atoms with van der Waals surface area (Å²) in [6, 6.07) is 5.96. The molecule has 2 fully saturated rings. The molecule has 0 N–H and O–H groups in total. The number of hydrogen-bond donors (Lipinski definition) is 0. The Hall–Kier alpha value is -1.97. The first-order valence-electron chi connectivity index (χ1n) is 9.97. The molecule has 29 heavy (non-hydrogen) atoms. The highest BCUT2D eigenvalue weighted by atomic mass is 32.2. The van der Waals surface area contributed by atoms with E-state index < -0.39 is 16.0 Å². The van der Waals surface area contributed by atoms with E-state index in [0.29, 0.717) is 13.2 Å². The van der Waals surface area contributed by atoms with Crippen LogP contribution in [-0.4, -0.2) is 74.5 Å². The molecular formula is C20H28N2O6S. The van der Waals surface area contributed by atoms with E-state index >= 15 is 0 Å². The summed E-state index contributed by atoms with van der Waals surface area (Å²) in [7, 11) is -3.71. The first kappa shape index (κ1) is 21.7. The standard InChI is InChI=1S/C20H28N2O6S/c1-15-5-3-6-16(2)22(15)19(23)14-28-20(24)17-7-4-8-18(13-17)29(25,26)21-9-11-27-12-10-21/h4,7-8,13,15-16H,3,5-6,9-12,14H2,1-2H3/t15-,16+. The van der Waals surface area contributed by atoms with Gasteiger partial charge < -0.3 is 14.4 Å². The van der Waals surface area contributed by atoms with Crippen LogP contribution in [0.15, 0.2) is 29.2 Å². The van der Waals surface area contributed by atoms with Crippen molar-refractivity contribution in [1.29, 1.82) is 0 Å². The van der Waals surface area contributed by atoms with Gasteiger partial charge in [-0.05, 0) is 51.3 Å². The number of hydrogen-bond acceptors (Lipinski definition) is 6. The second kappa shape index (κ2) is 9.23. The van der Waals surface area contributed by atoms with Gasteiger partial charge in [-0.2, -0.15) is 4.31 Å². The fourth-order valence-corrected chi connectivity index (χ4v) is 5.37. The zero-order chi connectivity index (χ0) is 21.0. The van der Waals surface area contributed by atoms with Gasteiger partial charge in [-0.15, -0.1) is 0 Å². The molecule has 9 heteroatoms. The van der Waals surface area contributed by atoms with E-state index in [-0.39, 0.29) is 48.1 Å².